The van der Waals surface area contributed by atoms with Crippen molar-refractivity contribution in [2.75, 3.05) is 13.2 Å². The normalized spacial score (nSPS) is 12.9. The topological polar surface area (TPSA) is 78.9 Å². The second-order valence-corrected chi connectivity index (χ2v) is 22.4. The molecule has 0 radical (unpaired) electrons. The summed E-state index contributed by atoms with van der Waals surface area (Å²) in [5, 5.41) is 0. The third-order valence-corrected chi connectivity index (χ3v) is 14.5. The quantitative estimate of drug-likeness (QED) is 0.0261. The van der Waals surface area contributed by atoms with Crippen molar-refractivity contribution in [1.82, 2.24) is 0 Å². The summed E-state index contributed by atoms with van der Waals surface area (Å²) in [6, 6.07) is 0. The summed E-state index contributed by atoms with van der Waals surface area (Å²) in [7, 11) is 0. The van der Waals surface area contributed by atoms with E-state index in [-0.39, 0.29) is 31.1 Å². The number of allylic oxidation sites excluding steroid dienone is 20. The van der Waals surface area contributed by atoms with Crippen LogP contribution in [0.2, 0.25) is 0 Å². The maximum absolute atomic E-state index is 12.9. The van der Waals surface area contributed by atoms with Gasteiger partial charge in [-0.2, -0.15) is 0 Å². The maximum Gasteiger partial charge on any atom is 0.306 e. The van der Waals surface area contributed by atoms with Crippen LogP contribution >= 0.6 is 0 Å². The highest BCUT2D eigenvalue weighted by molar-refractivity contribution is 5.71. The Kier molecular flexibility index (Phi) is 64.8. The molecule has 0 amide bonds. The minimum Gasteiger partial charge on any atom is -0.462 e. The van der Waals surface area contributed by atoms with Crippen LogP contribution in [0.5, 0.6) is 0 Å². The second kappa shape index (κ2) is 68.3. The van der Waals surface area contributed by atoms with E-state index in [1.165, 1.54) is 135 Å². The van der Waals surface area contributed by atoms with Gasteiger partial charge in [0.15, 0.2) is 6.10 Å². The lowest BCUT2D eigenvalue weighted by Gasteiger charge is -2.18. The fraction of sp³-hybridized carbons (Fsp3) is 0.693. The Hall–Kier alpha value is -4.19. The van der Waals surface area contributed by atoms with Gasteiger partial charge in [-0.25, -0.2) is 0 Å². The predicted molar refractivity (Wildman–Crippen MR) is 353 cm³/mol. The number of hydrogen-bond acceptors (Lipinski definition) is 6. The maximum atomic E-state index is 12.9. The van der Waals surface area contributed by atoms with E-state index < -0.39 is 6.10 Å². The van der Waals surface area contributed by atoms with Crippen LogP contribution in [0.3, 0.4) is 0 Å². The summed E-state index contributed by atoms with van der Waals surface area (Å²) in [5.41, 5.74) is 0. The average molecular weight is 1120 g/mol. The lowest BCUT2D eigenvalue weighted by molar-refractivity contribution is -0.167. The van der Waals surface area contributed by atoms with Crippen LogP contribution in [0, 0.1) is 0 Å². The van der Waals surface area contributed by atoms with Gasteiger partial charge in [-0.15, -0.1) is 0 Å². The van der Waals surface area contributed by atoms with Crippen molar-refractivity contribution in [2.24, 2.45) is 0 Å². The molecule has 1 unspecified atom stereocenters. The molecule has 0 N–H and O–H groups in total. The lowest BCUT2D eigenvalue weighted by Crippen LogP contribution is -2.30. The highest BCUT2D eigenvalue weighted by Crippen LogP contribution is 2.17. The van der Waals surface area contributed by atoms with Crippen molar-refractivity contribution in [1.29, 1.82) is 0 Å². The molecule has 0 bridgehead atoms. The molecular formula is C75H126O6. The molecule has 0 aromatic heterocycles. The smallest absolute Gasteiger partial charge is 0.306 e. The number of ether oxygens (including phenoxy) is 3. The van der Waals surface area contributed by atoms with Crippen molar-refractivity contribution in [2.45, 2.75) is 322 Å². The number of rotatable bonds is 61. The first kappa shape index (κ1) is 76.8. The minimum atomic E-state index is -0.791. The van der Waals surface area contributed by atoms with Gasteiger partial charge in [-0.3, -0.25) is 14.4 Å². The number of carbonyl (C=O) groups is 3. The second-order valence-electron chi connectivity index (χ2n) is 22.4. The highest BCUT2D eigenvalue weighted by Gasteiger charge is 2.19. The number of hydrogen-bond donors (Lipinski definition) is 0. The first-order valence-electron chi connectivity index (χ1n) is 34.0. The van der Waals surface area contributed by atoms with Crippen molar-refractivity contribution in [3.63, 3.8) is 0 Å². The van der Waals surface area contributed by atoms with E-state index in [2.05, 4.69) is 142 Å². The van der Waals surface area contributed by atoms with E-state index in [1.54, 1.807) is 0 Å². The van der Waals surface area contributed by atoms with Crippen molar-refractivity contribution < 1.29 is 28.6 Å². The first-order chi connectivity index (χ1) is 40.0. The molecule has 0 heterocycles. The summed E-state index contributed by atoms with van der Waals surface area (Å²) in [6.07, 6.45) is 95.0. The van der Waals surface area contributed by atoms with Gasteiger partial charge in [-0.1, -0.05) is 309 Å². The molecule has 0 spiro atoms. The van der Waals surface area contributed by atoms with E-state index in [9.17, 15) is 14.4 Å². The zero-order chi connectivity index (χ0) is 58.5. The third kappa shape index (κ3) is 66.5. The molecule has 0 saturated heterocycles. The zero-order valence-corrected chi connectivity index (χ0v) is 53.0. The minimum absolute atomic E-state index is 0.0875. The zero-order valence-electron chi connectivity index (χ0n) is 53.0. The fourth-order valence-corrected chi connectivity index (χ4v) is 9.36. The summed E-state index contributed by atoms with van der Waals surface area (Å²) < 4.78 is 16.9. The molecule has 0 rings (SSSR count). The van der Waals surface area contributed by atoms with Crippen LogP contribution in [-0.2, 0) is 28.6 Å². The Bertz CT molecular complexity index is 1670. The third-order valence-electron chi connectivity index (χ3n) is 14.5. The number of esters is 3. The molecule has 0 aliphatic carbocycles. The molecule has 0 fully saturated rings. The van der Waals surface area contributed by atoms with Gasteiger partial charge < -0.3 is 14.2 Å². The molecule has 81 heavy (non-hydrogen) atoms. The molecule has 0 aromatic rings. The Morgan fingerprint density at radius 2 is 0.494 bits per heavy atom. The number of carbonyl (C=O) groups excluding carboxylic acids is 3. The van der Waals surface area contributed by atoms with E-state index in [0.717, 1.165) is 141 Å². The molecule has 1 atom stereocenters. The van der Waals surface area contributed by atoms with E-state index in [0.29, 0.717) is 19.3 Å². The van der Waals surface area contributed by atoms with Crippen LogP contribution < -0.4 is 0 Å². The summed E-state index contributed by atoms with van der Waals surface area (Å²) in [6.45, 7) is 6.49. The Morgan fingerprint density at radius 3 is 0.802 bits per heavy atom. The van der Waals surface area contributed by atoms with Gasteiger partial charge in [0, 0.05) is 19.3 Å². The molecule has 462 valence electrons. The lowest BCUT2D eigenvalue weighted by atomic mass is 10.0. The molecule has 6 heteroatoms. The molecular weight excluding hydrogens is 997 g/mol. The summed E-state index contributed by atoms with van der Waals surface area (Å²) in [5.74, 6) is -0.907. The van der Waals surface area contributed by atoms with E-state index in [4.69, 9.17) is 14.2 Å². The standard InChI is InChI=1S/C75H126O6/c1-4-7-10-13-16-19-22-24-26-28-30-31-32-33-34-35-36-37-38-39-40-41-42-43-45-46-48-50-53-56-59-62-65-68-74(77)80-71-72(70-79-73(76)67-64-61-58-55-52-21-18-15-12-9-6-3)81-75(78)69-66-63-60-57-54-51-49-47-44-29-27-25-23-20-17-14-11-8-5-2/h7,10,15-16,18-19,24,26,30-31,33-34,36-37,39-40,42-43,46,48,72H,4-6,8-9,11-14,17,20-23,25,27-29,32,35,38,41,44-45,47,49-71H2,1-3H3/b10-7-,18-15-,19-16-,26-24-,31-30-,34-33-,37-36-,40-39-,43-42-,48-46-. The first-order valence-corrected chi connectivity index (χ1v) is 34.0. The van der Waals surface area contributed by atoms with Crippen molar-refractivity contribution >= 4 is 17.9 Å². The van der Waals surface area contributed by atoms with Gasteiger partial charge in [0.25, 0.3) is 0 Å². The average Bonchev–Trinajstić information content (AvgIpc) is 3.47. The van der Waals surface area contributed by atoms with Crippen LogP contribution in [-0.4, -0.2) is 37.2 Å². The predicted octanol–water partition coefficient (Wildman–Crippen LogP) is 23.6. The summed E-state index contributed by atoms with van der Waals surface area (Å²) in [4.78, 5) is 38.3. The van der Waals surface area contributed by atoms with Gasteiger partial charge in [-0.05, 0) is 109 Å². The van der Waals surface area contributed by atoms with Crippen LogP contribution in [0.15, 0.2) is 122 Å². The Balaban J connectivity index is 4.29. The van der Waals surface area contributed by atoms with Crippen molar-refractivity contribution in [3.05, 3.63) is 122 Å². The van der Waals surface area contributed by atoms with E-state index >= 15 is 0 Å². The Morgan fingerprint density at radius 1 is 0.259 bits per heavy atom. The van der Waals surface area contributed by atoms with Crippen LogP contribution in [0.25, 0.3) is 0 Å². The van der Waals surface area contributed by atoms with Gasteiger partial charge in [0.1, 0.15) is 13.2 Å². The molecule has 0 aromatic carbocycles. The van der Waals surface area contributed by atoms with E-state index in [1.807, 2.05) is 0 Å². The van der Waals surface area contributed by atoms with Crippen LogP contribution in [0.4, 0.5) is 0 Å². The largest absolute Gasteiger partial charge is 0.462 e. The Labute approximate surface area is 501 Å². The SMILES string of the molecule is CC/C=C\C/C=C\C/C=C\C/C=C\C/C=C\C/C=C\C/C=C\C/C=C\C/C=C\CCCCCCCC(=O)OCC(COC(=O)CCCCCCC/C=C\CCCC)OC(=O)CCCCCCCCCCCCCCCCCCCCC. The molecule has 0 aliphatic rings. The van der Waals surface area contributed by atoms with Gasteiger partial charge in [0.05, 0.1) is 0 Å². The highest BCUT2D eigenvalue weighted by atomic mass is 16.6. The van der Waals surface area contributed by atoms with Gasteiger partial charge >= 0.3 is 17.9 Å². The fourth-order valence-electron chi connectivity index (χ4n) is 9.36. The monoisotopic (exact) mass is 1120 g/mol. The summed E-state index contributed by atoms with van der Waals surface area (Å²) >= 11 is 0. The van der Waals surface area contributed by atoms with Gasteiger partial charge in [0.2, 0.25) is 0 Å². The molecule has 0 saturated carbocycles. The molecule has 0 aliphatic heterocycles. The molecule has 6 nitrogen and oxygen atoms in total. The van der Waals surface area contributed by atoms with Crippen LogP contribution in [0.1, 0.15) is 316 Å². The number of unbranched alkanes of at least 4 members (excludes halogenated alkanes) is 30. The van der Waals surface area contributed by atoms with Crippen molar-refractivity contribution in [3.8, 4) is 0 Å².